The van der Waals surface area contributed by atoms with E-state index in [1.165, 1.54) is 0 Å². The van der Waals surface area contributed by atoms with Gasteiger partial charge < -0.3 is 15.5 Å². The quantitative estimate of drug-likeness (QED) is 0.740. The summed E-state index contributed by atoms with van der Waals surface area (Å²) in [4.78, 5) is 0. The molecule has 1 unspecified atom stereocenters. The summed E-state index contributed by atoms with van der Waals surface area (Å²) in [5.74, 6) is 0.598. The number of rotatable bonds is 3. The second-order valence-corrected chi connectivity index (χ2v) is 6.42. The molecule has 1 fully saturated rings. The smallest absolute Gasteiger partial charge is 0.315 e. The van der Waals surface area contributed by atoms with Crippen molar-refractivity contribution in [3.05, 3.63) is 5.89 Å². The Bertz CT molecular complexity index is 483. The van der Waals surface area contributed by atoms with Gasteiger partial charge in [0.25, 0.3) is 0 Å². The van der Waals surface area contributed by atoms with Gasteiger partial charge in [-0.3, -0.25) is 0 Å². The van der Waals surface area contributed by atoms with Crippen LogP contribution in [-0.2, 0) is 16.4 Å². The number of sulfone groups is 1. The minimum Gasteiger partial charge on any atom is -0.407 e. The SMILES string of the molecule is CC1(Nc2nnc(CN)o2)CCS(=O)(=O)C1. The molecule has 90 valence electrons. The van der Waals surface area contributed by atoms with E-state index in [0.29, 0.717) is 12.3 Å². The van der Waals surface area contributed by atoms with Gasteiger partial charge in [-0.15, -0.1) is 5.10 Å². The predicted molar refractivity (Wildman–Crippen MR) is 57.5 cm³/mol. The zero-order chi connectivity index (χ0) is 11.8. The van der Waals surface area contributed by atoms with Crippen molar-refractivity contribution in [2.24, 2.45) is 5.73 Å². The fourth-order valence-electron chi connectivity index (χ4n) is 1.75. The lowest BCUT2D eigenvalue weighted by Gasteiger charge is -2.21. The van der Waals surface area contributed by atoms with Crippen molar-refractivity contribution >= 4 is 15.9 Å². The molecule has 8 heteroatoms. The Morgan fingerprint density at radius 3 is 2.81 bits per heavy atom. The maximum absolute atomic E-state index is 11.4. The standard InChI is InChI=1S/C8H14N4O3S/c1-8(2-3-16(13,14)5-8)10-7-12-11-6(4-9)15-7/h2-5,9H2,1H3,(H,10,12). The minimum atomic E-state index is -2.95. The number of nitrogens with one attached hydrogen (secondary N) is 1. The lowest BCUT2D eigenvalue weighted by Crippen LogP contribution is -2.36. The van der Waals surface area contributed by atoms with Gasteiger partial charge in [-0.2, -0.15) is 0 Å². The Morgan fingerprint density at radius 1 is 1.56 bits per heavy atom. The van der Waals surface area contributed by atoms with Gasteiger partial charge in [0.2, 0.25) is 5.89 Å². The summed E-state index contributed by atoms with van der Waals surface area (Å²) < 4.78 is 27.9. The van der Waals surface area contributed by atoms with Crippen LogP contribution >= 0.6 is 0 Å². The number of hydrogen-bond donors (Lipinski definition) is 2. The summed E-state index contributed by atoms with van der Waals surface area (Å²) in [6, 6.07) is 0.222. The molecule has 2 heterocycles. The van der Waals surface area contributed by atoms with Crippen LogP contribution in [0, 0.1) is 0 Å². The molecule has 0 spiro atoms. The molecular formula is C8H14N4O3S. The number of anilines is 1. The van der Waals surface area contributed by atoms with Crippen LogP contribution in [-0.4, -0.2) is 35.7 Å². The summed E-state index contributed by atoms with van der Waals surface area (Å²) >= 11 is 0. The van der Waals surface area contributed by atoms with Crippen LogP contribution in [0.25, 0.3) is 0 Å². The number of nitrogens with zero attached hydrogens (tertiary/aromatic N) is 2. The maximum Gasteiger partial charge on any atom is 0.315 e. The van der Waals surface area contributed by atoms with Crippen LogP contribution in [0.5, 0.6) is 0 Å². The van der Waals surface area contributed by atoms with Crippen molar-refractivity contribution in [2.75, 3.05) is 16.8 Å². The van der Waals surface area contributed by atoms with E-state index < -0.39 is 15.4 Å². The molecule has 3 N–H and O–H groups in total. The lowest BCUT2D eigenvalue weighted by molar-refractivity contribution is 0.479. The fourth-order valence-corrected chi connectivity index (χ4v) is 3.85. The molecule has 0 aromatic carbocycles. The van der Waals surface area contributed by atoms with Gasteiger partial charge in [-0.05, 0) is 13.3 Å². The van der Waals surface area contributed by atoms with Crippen molar-refractivity contribution < 1.29 is 12.8 Å². The van der Waals surface area contributed by atoms with Gasteiger partial charge in [0.1, 0.15) is 0 Å². The zero-order valence-corrected chi connectivity index (χ0v) is 9.75. The first-order chi connectivity index (χ1) is 7.42. The molecule has 1 atom stereocenters. The Balaban J connectivity index is 2.10. The van der Waals surface area contributed by atoms with Crippen molar-refractivity contribution in [1.29, 1.82) is 0 Å². The van der Waals surface area contributed by atoms with E-state index in [9.17, 15) is 8.42 Å². The first kappa shape index (κ1) is 11.3. The molecule has 0 amide bonds. The first-order valence-corrected chi connectivity index (χ1v) is 6.76. The topological polar surface area (TPSA) is 111 Å². The van der Waals surface area contributed by atoms with E-state index in [-0.39, 0.29) is 24.1 Å². The van der Waals surface area contributed by atoms with E-state index in [0.717, 1.165) is 0 Å². The Labute approximate surface area is 93.3 Å². The molecule has 2 rings (SSSR count). The van der Waals surface area contributed by atoms with E-state index in [1.807, 2.05) is 6.92 Å². The van der Waals surface area contributed by atoms with Crippen LogP contribution < -0.4 is 11.1 Å². The van der Waals surface area contributed by atoms with E-state index >= 15 is 0 Å². The molecule has 0 radical (unpaired) electrons. The second-order valence-electron chi connectivity index (χ2n) is 4.23. The maximum atomic E-state index is 11.4. The van der Waals surface area contributed by atoms with Crippen LogP contribution in [0.2, 0.25) is 0 Å². The number of hydrogen-bond acceptors (Lipinski definition) is 7. The molecule has 1 aliphatic heterocycles. The van der Waals surface area contributed by atoms with Gasteiger partial charge in [0.05, 0.1) is 23.6 Å². The Morgan fingerprint density at radius 2 is 2.31 bits per heavy atom. The van der Waals surface area contributed by atoms with Gasteiger partial charge in [0.15, 0.2) is 9.84 Å². The van der Waals surface area contributed by atoms with Crippen LogP contribution in [0.15, 0.2) is 4.42 Å². The molecule has 1 saturated heterocycles. The van der Waals surface area contributed by atoms with E-state index in [4.69, 9.17) is 10.2 Å². The number of aromatic nitrogens is 2. The third-order valence-corrected chi connectivity index (χ3v) is 4.46. The fraction of sp³-hybridized carbons (Fsp3) is 0.750. The van der Waals surface area contributed by atoms with Crippen molar-refractivity contribution in [1.82, 2.24) is 10.2 Å². The largest absolute Gasteiger partial charge is 0.407 e. The van der Waals surface area contributed by atoms with Crippen LogP contribution in [0.4, 0.5) is 6.01 Å². The highest BCUT2D eigenvalue weighted by atomic mass is 32.2. The molecule has 0 saturated carbocycles. The van der Waals surface area contributed by atoms with Gasteiger partial charge in [-0.25, -0.2) is 8.42 Å². The van der Waals surface area contributed by atoms with Gasteiger partial charge in [0, 0.05) is 0 Å². The minimum absolute atomic E-state index is 0.0837. The lowest BCUT2D eigenvalue weighted by atomic mass is 10.0. The summed E-state index contributed by atoms with van der Waals surface area (Å²) in [5.41, 5.74) is 4.80. The van der Waals surface area contributed by atoms with Gasteiger partial charge >= 0.3 is 6.01 Å². The number of nitrogens with two attached hydrogens (primary N) is 1. The van der Waals surface area contributed by atoms with E-state index in [1.54, 1.807) is 0 Å². The highest BCUT2D eigenvalue weighted by molar-refractivity contribution is 7.91. The third-order valence-electron chi connectivity index (χ3n) is 2.55. The predicted octanol–water partition coefficient (Wildman–Crippen LogP) is -0.483. The normalized spacial score (nSPS) is 28.1. The Kier molecular flexibility index (Phi) is 2.62. The monoisotopic (exact) mass is 246 g/mol. The second kappa shape index (κ2) is 3.70. The first-order valence-electron chi connectivity index (χ1n) is 4.94. The average Bonchev–Trinajstić information content (AvgIpc) is 2.71. The molecule has 1 aliphatic rings. The van der Waals surface area contributed by atoms with Gasteiger partial charge in [-0.1, -0.05) is 5.10 Å². The summed E-state index contributed by atoms with van der Waals surface area (Å²) in [6.07, 6.45) is 0.537. The van der Waals surface area contributed by atoms with Crippen molar-refractivity contribution in [3.63, 3.8) is 0 Å². The van der Waals surface area contributed by atoms with E-state index in [2.05, 4.69) is 15.5 Å². The average molecular weight is 246 g/mol. The molecule has 1 aromatic rings. The third kappa shape index (κ3) is 2.33. The van der Waals surface area contributed by atoms with Crippen LogP contribution in [0.3, 0.4) is 0 Å². The molecule has 1 aromatic heterocycles. The highest BCUT2D eigenvalue weighted by Gasteiger charge is 2.39. The van der Waals surface area contributed by atoms with Crippen LogP contribution in [0.1, 0.15) is 19.2 Å². The molecule has 16 heavy (non-hydrogen) atoms. The summed E-state index contributed by atoms with van der Waals surface area (Å²) in [5, 5.41) is 10.4. The highest BCUT2D eigenvalue weighted by Crippen LogP contribution is 2.26. The molecule has 0 aliphatic carbocycles. The summed E-state index contributed by atoms with van der Waals surface area (Å²) in [7, 11) is -2.95. The molecule has 7 nitrogen and oxygen atoms in total. The molecule has 0 bridgehead atoms. The van der Waals surface area contributed by atoms with Crippen molar-refractivity contribution in [2.45, 2.75) is 25.4 Å². The molecular weight excluding hydrogens is 232 g/mol. The zero-order valence-electron chi connectivity index (χ0n) is 8.93. The Hall–Kier alpha value is -1.15. The summed E-state index contributed by atoms with van der Waals surface area (Å²) in [6.45, 7) is 1.99. The van der Waals surface area contributed by atoms with Crippen molar-refractivity contribution in [3.8, 4) is 0 Å².